The third kappa shape index (κ3) is 3.22. The third-order valence-corrected chi connectivity index (χ3v) is 2.61. The fourth-order valence-corrected chi connectivity index (χ4v) is 1.73. The first kappa shape index (κ1) is 10.8. The van der Waals surface area contributed by atoms with Crippen molar-refractivity contribution in [3.8, 4) is 0 Å². The molecular weight excluding hydrogens is 198 g/mol. The lowest BCUT2D eigenvalue weighted by atomic mass is 10.4. The van der Waals surface area contributed by atoms with Crippen molar-refractivity contribution in [1.82, 2.24) is 0 Å². The Morgan fingerprint density at radius 2 is 2.14 bits per heavy atom. The maximum Gasteiger partial charge on any atom is 0.252 e. The molecule has 3 nitrogen and oxygen atoms in total. The van der Waals surface area contributed by atoms with E-state index in [0.29, 0.717) is 6.42 Å². The minimum absolute atomic E-state index is 0.249. The van der Waals surface area contributed by atoms with Crippen LogP contribution in [-0.2, 0) is 0 Å². The molecule has 0 atom stereocenters. The van der Waals surface area contributed by atoms with E-state index in [1.165, 1.54) is 11.8 Å². The molecule has 74 valence electrons. The van der Waals surface area contributed by atoms with Crippen LogP contribution in [0.15, 0.2) is 46.3 Å². The molecule has 0 fully saturated rings. The number of nitro groups is 1. The van der Waals surface area contributed by atoms with Gasteiger partial charge in [0.15, 0.2) is 0 Å². The lowest BCUT2D eigenvalue weighted by Crippen LogP contribution is -1.95. The Hall–Kier alpha value is -1.29. The zero-order chi connectivity index (χ0) is 10.4. The van der Waals surface area contributed by atoms with Gasteiger partial charge in [0.1, 0.15) is 0 Å². The molecule has 0 saturated carbocycles. The average Bonchev–Trinajstić information content (AvgIpc) is 2.20. The highest BCUT2D eigenvalue weighted by atomic mass is 32.2. The molecule has 0 N–H and O–H groups in total. The summed E-state index contributed by atoms with van der Waals surface area (Å²) in [4.78, 5) is 11.2. The second-order valence-corrected chi connectivity index (χ2v) is 3.59. The molecule has 0 unspecified atom stereocenters. The Balaban J connectivity index is 2.66. The van der Waals surface area contributed by atoms with E-state index in [1.54, 1.807) is 12.3 Å². The smallest absolute Gasteiger partial charge is 0.252 e. The van der Waals surface area contributed by atoms with Gasteiger partial charge in [-0.1, -0.05) is 36.9 Å². The summed E-state index contributed by atoms with van der Waals surface area (Å²) < 4.78 is 0. The third-order valence-electron chi connectivity index (χ3n) is 1.67. The topological polar surface area (TPSA) is 43.1 Å². The van der Waals surface area contributed by atoms with Crippen LogP contribution in [0.2, 0.25) is 0 Å². The van der Waals surface area contributed by atoms with Crippen molar-refractivity contribution in [3.05, 3.63) is 51.6 Å². The van der Waals surface area contributed by atoms with Crippen LogP contribution in [0.5, 0.6) is 0 Å². The highest BCUT2D eigenvalue weighted by molar-refractivity contribution is 8.02. The average molecular weight is 209 g/mol. The van der Waals surface area contributed by atoms with Crippen molar-refractivity contribution >= 4 is 11.8 Å². The molecule has 1 aromatic rings. The van der Waals surface area contributed by atoms with Crippen LogP contribution < -0.4 is 0 Å². The summed E-state index contributed by atoms with van der Waals surface area (Å²) in [5.41, 5.74) is 0.249. The molecule has 14 heavy (non-hydrogen) atoms. The molecule has 4 heteroatoms. The number of allylic oxidation sites excluding steroid dienone is 1. The van der Waals surface area contributed by atoms with E-state index in [9.17, 15) is 10.1 Å². The van der Waals surface area contributed by atoms with Crippen LogP contribution in [0.1, 0.15) is 13.3 Å². The van der Waals surface area contributed by atoms with Gasteiger partial charge >= 0.3 is 0 Å². The van der Waals surface area contributed by atoms with E-state index in [4.69, 9.17) is 0 Å². The van der Waals surface area contributed by atoms with Gasteiger partial charge in [0.05, 0.1) is 4.92 Å². The normalized spacial score (nSPS) is 11.4. The van der Waals surface area contributed by atoms with Gasteiger partial charge in [0.25, 0.3) is 5.70 Å². The number of thioether (sulfide) groups is 1. The van der Waals surface area contributed by atoms with Gasteiger partial charge in [-0.25, -0.2) is 0 Å². The maximum absolute atomic E-state index is 10.5. The first-order valence-corrected chi connectivity index (χ1v) is 5.17. The molecule has 0 spiro atoms. The summed E-state index contributed by atoms with van der Waals surface area (Å²) in [7, 11) is 0. The van der Waals surface area contributed by atoms with Crippen molar-refractivity contribution in [2.24, 2.45) is 0 Å². The molecule has 0 aliphatic carbocycles. The summed E-state index contributed by atoms with van der Waals surface area (Å²) in [6.07, 6.45) is 0.451. The molecule has 0 amide bonds. The van der Waals surface area contributed by atoms with E-state index in [0.717, 1.165) is 4.90 Å². The summed E-state index contributed by atoms with van der Waals surface area (Å²) in [5.74, 6) is 0. The first-order chi connectivity index (χ1) is 6.74. The van der Waals surface area contributed by atoms with Crippen molar-refractivity contribution < 1.29 is 4.92 Å². The van der Waals surface area contributed by atoms with Crippen LogP contribution in [0, 0.1) is 10.1 Å². The van der Waals surface area contributed by atoms with Crippen molar-refractivity contribution in [2.75, 3.05) is 0 Å². The summed E-state index contributed by atoms with van der Waals surface area (Å²) in [5, 5.41) is 12.1. The highest BCUT2D eigenvalue weighted by Crippen LogP contribution is 2.21. The second kappa shape index (κ2) is 5.44. The van der Waals surface area contributed by atoms with Crippen LogP contribution in [0.25, 0.3) is 0 Å². The van der Waals surface area contributed by atoms with Crippen molar-refractivity contribution in [2.45, 2.75) is 18.2 Å². The molecule has 0 saturated heterocycles. The predicted molar refractivity (Wildman–Crippen MR) is 57.7 cm³/mol. The van der Waals surface area contributed by atoms with Crippen LogP contribution in [0.4, 0.5) is 0 Å². The predicted octanol–water partition coefficient (Wildman–Crippen LogP) is 3.31. The first-order valence-electron chi connectivity index (χ1n) is 4.29. The Morgan fingerprint density at radius 3 is 2.64 bits per heavy atom. The zero-order valence-corrected chi connectivity index (χ0v) is 8.66. The second-order valence-electron chi connectivity index (χ2n) is 2.65. The van der Waals surface area contributed by atoms with Gasteiger partial charge < -0.3 is 0 Å². The van der Waals surface area contributed by atoms with E-state index in [1.807, 2.05) is 30.3 Å². The van der Waals surface area contributed by atoms with Gasteiger partial charge in [0, 0.05) is 16.7 Å². The zero-order valence-electron chi connectivity index (χ0n) is 7.84. The van der Waals surface area contributed by atoms with E-state index < -0.39 is 0 Å². The van der Waals surface area contributed by atoms with Crippen molar-refractivity contribution in [3.63, 3.8) is 0 Å². The fourth-order valence-electron chi connectivity index (χ4n) is 0.891. The van der Waals surface area contributed by atoms with E-state index >= 15 is 0 Å². The van der Waals surface area contributed by atoms with Gasteiger partial charge in [-0.15, -0.1) is 0 Å². The summed E-state index contributed by atoms with van der Waals surface area (Å²) in [6, 6.07) is 9.59. The molecule has 0 bridgehead atoms. The van der Waals surface area contributed by atoms with Crippen LogP contribution >= 0.6 is 11.8 Å². The van der Waals surface area contributed by atoms with Gasteiger partial charge in [-0.2, -0.15) is 0 Å². The largest absolute Gasteiger partial charge is 0.259 e. The Bertz CT molecular complexity index is 335. The SMILES string of the molecule is CC/C(=C\Sc1ccccc1)[N+](=O)[O-]. The Labute approximate surface area is 87.0 Å². The number of nitrogens with zero attached hydrogens (tertiary/aromatic N) is 1. The van der Waals surface area contributed by atoms with E-state index in [-0.39, 0.29) is 10.6 Å². The van der Waals surface area contributed by atoms with Gasteiger partial charge in [0.2, 0.25) is 0 Å². The lowest BCUT2D eigenvalue weighted by molar-refractivity contribution is -0.427. The Morgan fingerprint density at radius 1 is 1.50 bits per heavy atom. The summed E-state index contributed by atoms with van der Waals surface area (Å²) in [6.45, 7) is 1.78. The van der Waals surface area contributed by atoms with Crippen LogP contribution in [0.3, 0.4) is 0 Å². The minimum atomic E-state index is -0.337. The fraction of sp³-hybridized carbons (Fsp3) is 0.200. The Kier molecular flexibility index (Phi) is 4.19. The van der Waals surface area contributed by atoms with Crippen molar-refractivity contribution in [1.29, 1.82) is 0 Å². The summed E-state index contributed by atoms with van der Waals surface area (Å²) >= 11 is 1.38. The maximum atomic E-state index is 10.5. The number of rotatable bonds is 4. The molecule has 0 aliphatic rings. The molecule has 0 aliphatic heterocycles. The molecule has 0 radical (unpaired) electrons. The monoisotopic (exact) mass is 209 g/mol. The number of hydrogen-bond donors (Lipinski definition) is 0. The standard InChI is InChI=1S/C10H11NO2S/c1-2-9(11(12)13)8-14-10-6-4-3-5-7-10/h3-8H,2H2,1H3/b9-8+. The van der Waals surface area contributed by atoms with Gasteiger partial charge in [-0.3, -0.25) is 10.1 Å². The molecule has 0 aromatic heterocycles. The lowest BCUT2D eigenvalue weighted by Gasteiger charge is -1.95. The van der Waals surface area contributed by atoms with E-state index in [2.05, 4.69) is 0 Å². The molecule has 1 aromatic carbocycles. The number of hydrogen-bond acceptors (Lipinski definition) is 3. The minimum Gasteiger partial charge on any atom is -0.259 e. The van der Waals surface area contributed by atoms with Crippen LogP contribution in [-0.4, -0.2) is 4.92 Å². The quantitative estimate of drug-likeness (QED) is 0.434. The molecular formula is C10H11NO2S. The highest BCUT2D eigenvalue weighted by Gasteiger charge is 2.06. The molecule has 1 rings (SSSR count). The number of benzene rings is 1. The van der Waals surface area contributed by atoms with Gasteiger partial charge in [-0.05, 0) is 12.1 Å². The molecule has 0 heterocycles.